The highest BCUT2D eigenvalue weighted by atomic mass is 16.5. The standard InChI is InChI=1S/C13H16N2O4/c1-3-6-14-8-12(16)15-11-7-9(19-2)4-5-10(11)13(17)18/h3-5,7,14H,1,6,8H2,2H3,(H,15,16)(H,17,18). The normalized spacial score (nSPS) is 9.74. The van der Waals surface area contributed by atoms with E-state index in [0.29, 0.717) is 12.3 Å². The van der Waals surface area contributed by atoms with E-state index in [1.165, 1.54) is 25.3 Å². The average molecular weight is 264 g/mol. The minimum atomic E-state index is -1.11. The van der Waals surface area contributed by atoms with Crippen molar-refractivity contribution in [2.45, 2.75) is 0 Å². The van der Waals surface area contributed by atoms with Crippen molar-refractivity contribution in [3.05, 3.63) is 36.4 Å². The number of methoxy groups -OCH3 is 1. The van der Waals surface area contributed by atoms with E-state index in [0.717, 1.165) is 0 Å². The monoisotopic (exact) mass is 264 g/mol. The second-order valence-corrected chi connectivity index (χ2v) is 3.68. The number of hydrogen-bond donors (Lipinski definition) is 3. The predicted molar refractivity (Wildman–Crippen MR) is 71.6 cm³/mol. The van der Waals surface area contributed by atoms with E-state index in [-0.39, 0.29) is 23.7 Å². The van der Waals surface area contributed by atoms with Gasteiger partial charge in [0.25, 0.3) is 0 Å². The van der Waals surface area contributed by atoms with E-state index in [9.17, 15) is 9.59 Å². The molecule has 0 atom stereocenters. The highest BCUT2D eigenvalue weighted by molar-refractivity contribution is 6.01. The Morgan fingerprint density at radius 3 is 2.79 bits per heavy atom. The summed E-state index contributed by atoms with van der Waals surface area (Å²) in [7, 11) is 1.47. The zero-order chi connectivity index (χ0) is 14.3. The molecule has 0 spiro atoms. The second-order valence-electron chi connectivity index (χ2n) is 3.68. The average Bonchev–Trinajstić information content (AvgIpc) is 2.38. The fraction of sp³-hybridized carbons (Fsp3) is 0.231. The first-order chi connectivity index (χ1) is 9.08. The number of aromatic carboxylic acids is 1. The van der Waals surface area contributed by atoms with Crippen LogP contribution in [0.2, 0.25) is 0 Å². The van der Waals surface area contributed by atoms with Crippen molar-refractivity contribution >= 4 is 17.6 Å². The summed E-state index contributed by atoms with van der Waals surface area (Å²) in [5, 5.41) is 14.4. The number of amides is 1. The predicted octanol–water partition coefficient (Wildman–Crippen LogP) is 1.11. The molecular weight excluding hydrogens is 248 g/mol. The molecule has 0 saturated heterocycles. The summed E-state index contributed by atoms with van der Waals surface area (Å²) in [6, 6.07) is 4.37. The molecule has 0 aliphatic rings. The van der Waals surface area contributed by atoms with E-state index < -0.39 is 5.97 Å². The van der Waals surface area contributed by atoms with Crippen LogP contribution in [-0.4, -0.2) is 37.2 Å². The van der Waals surface area contributed by atoms with E-state index in [2.05, 4.69) is 17.2 Å². The Hall–Kier alpha value is -2.34. The molecule has 6 nitrogen and oxygen atoms in total. The highest BCUT2D eigenvalue weighted by Gasteiger charge is 2.13. The summed E-state index contributed by atoms with van der Waals surface area (Å²) >= 11 is 0. The number of benzene rings is 1. The fourth-order valence-electron chi connectivity index (χ4n) is 1.42. The van der Waals surface area contributed by atoms with Crippen molar-refractivity contribution in [2.24, 2.45) is 0 Å². The number of carbonyl (C=O) groups is 2. The van der Waals surface area contributed by atoms with Gasteiger partial charge in [-0.25, -0.2) is 4.79 Å². The quantitative estimate of drug-likeness (QED) is 0.507. The third-order valence-corrected chi connectivity index (χ3v) is 2.31. The Bertz CT molecular complexity index is 486. The van der Waals surface area contributed by atoms with Crippen LogP contribution in [0.3, 0.4) is 0 Å². The minimum Gasteiger partial charge on any atom is -0.497 e. The molecule has 0 fully saturated rings. The lowest BCUT2D eigenvalue weighted by molar-refractivity contribution is -0.115. The SMILES string of the molecule is C=CCNCC(=O)Nc1cc(OC)ccc1C(=O)O. The van der Waals surface area contributed by atoms with Gasteiger partial charge in [0.2, 0.25) is 5.91 Å². The number of ether oxygens (including phenoxy) is 1. The second kappa shape index (κ2) is 7.17. The van der Waals surface area contributed by atoms with Gasteiger partial charge >= 0.3 is 5.97 Å². The number of carbonyl (C=O) groups excluding carboxylic acids is 1. The lowest BCUT2D eigenvalue weighted by atomic mass is 10.1. The topological polar surface area (TPSA) is 87.7 Å². The van der Waals surface area contributed by atoms with Gasteiger partial charge in [0.1, 0.15) is 5.75 Å². The first kappa shape index (κ1) is 14.7. The van der Waals surface area contributed by atoms with Crippen molar-refractivity contribution in [3.8, 4) is 5.75 Å². The maximum absolute atomic E-state index is 11.6. The summed E-state index contributed by atoms with van der Waals surface area (Å²) in [5.74, 6) is -0.978. The van der Waals surface area contributed by atoms with E-state index in [1.807, 2.05) is 0 Å². The number of hydrogen-bond acceptors (Lipinski definition) is 4. The first-order valence-corrected chi connectivity index (χ1v) is 5.61. The Morgan fingerprint density at radius 1 is 1.47 bits per heavy atom. The Balaban J connectivity index is 2.82. The molecule has 0 radical (unpaired) electrons. The van der Waals surface area contributed by atoms with Crippen molar-refractivity contribution in [3.63, 3.8) is 0 Å². The van der Waals surface area contributed by atoms with Crippen molar-refractivity contribution in [1.29, 1.82) is 0 Å². The van der Waals surface area contributed by atoms with E-state index in [4.69, 9.17) is 9.84 Å². The molecule has 0 aromatic heterocycles. The third-order valence-electron chi connectivity index (χ3n) is 2.31. The van der Waals surface area contributed by atoms with Crippen LogP contribution in [0.1, 0.15) is 10.4 Å². The summed E-state index contributed by atoms with van der Waals surface area (Å²) < 4.78 is 5.00. The molecule has 19 heavy (non-hydrogen) atoms. The molecule has 0 bridgehead atoms. The van der Waals surface area contributed by atoms with E-state index >= 15 is 0 Å². The number of anilines is 1. The summed E-state index contributed by atoms with van der Waals surface area (Å²) in [6.07, 6.45) is 1.63. The van der Waals surface area contributed by atoms with Gasteiger partial charge in [0.05, 0.1) is 24.9 Å². The number of carboxylic acid groups (broad SMARTS) is 1. The lowest BCUT2D eigenvalue weighted by Gasteiger charge is -2.10. The van der Waals surface area contributed by atoms with Crippen LogP contribution in [0.4, 0.5) is 5.69 Å². The zero-order valence-corrected chi connectivity index (χ0v) is 10.6. The molecule has 1 amide bonds. The van der Waals surface area contributed by atoms with Gasteiger partial charge in [-0.15, -0.1) is 6.58 Å². The van der Waals surface area contributed by atoms with Crippen molar-refractivity contribution < 1.29 is 19.4 Å². The molecule has 0 aliphatic heterocycles. The molecule has 0 unspecified atom stereocenters. The highest BCUT2D eigenvalue weighted by Crippen LogP contribution is 2.22. The Labute approximate surface area is 111 Å². The van der Waals surface area contributed by atoms with Crippen molar-refractivity contribution in [1.82, 2.24) is 5.32 Å². The molecule has 3 N–H and O–H groups in total. The Kier molecular flexibility index (Phi) is 5.56. The smallest absolute Gasteiger partial charge is 0.337 e. The fourth-order valence-corrected chi connectivity index (χ4v) is 1.42. The Morgan fingerprint density at radius 2 is 2.21 bits per heavy atom. The van der Waals surface area contributed by atoms with Crippen LogP contribution in [0, 0.1) is 0 Å². The van der Waals surface area contributed by atoms with Gasteiger partial charge in [-0.1, -0.05) is 6.08 Å². The largest absolute Gasteiger partial charge is 0.497 e. The summed E-state index contributed by atoms with van der Waals surface area (Å²) in [5.41, 5.74) is 0.218. The van der Waals surface area contributed by atoms with Crippen LogP contribution in [-0.2, 0) is 4.79 Å². The van der Waals surface area contributed by atoms with Gasteiger partial charge in [0.15, 0.2) is 0 Å². The van der Waals surface area contributed by atoms with Gasteiger partial charge in [-0.2, -0.15) is 0 Å². The van der Waals surface area contributed by atoms with Gasteiger partial charge < -0.3 is 20.5 Å². The lowest BCUT2D eigenvalue weighted by Crippen LogP contribution is -2.28. The summed E-state index contributed by atoms with van der Waals surface area (Å²) in [6.45, 7) is 4.08. The van der Waals surface area contributed by atoms with Crippen LogP contribution >= 0.6 is 0 Å². The number of rotatable bonds is 7. The molecule has 1 aromatic carbocycles. The zero-order valence-electron chi connectivity index (χ0n) is 10.6. The van der Waals surface area contributed by atoms with E-state index in [1.54, 1.807) is 6.08 Å². The van der Waals surface area contributed by atoms with Crippen LogP contribution in [0.25, 0.3) is 0 Å². The molecule has 6 heteroatoms. The molecule has 0 saturated carbocycles. The van der Waals surface area contributed by atoms with Crippen LogP contribution in [0.5, 0.6) is 5.75 Å². The maximum atomic E-state index is 11.6. The van der Waals surface area contributed by atoms with Crippen LogP contribution in [0.15, 0.2) is 30.9 Å². The van der Waals surface area contributed by atoms with Gasteiger partial charge in [-0.05, 0) is 12.1 Å². The molecular formula is C13H16N2O4. The minimum absolute atomic E-state index is 0.0119. The molecule has 1 aromatic rings. The molecule has 0 heterocycles. The molecule has 102 valence electrons. The first-order valence-electron chi connectivity index (χ1n) is 5.61. The van der Waals surface area contributed by atoms with Gasteiger partial charge in [-0.3, -0.25) is 4.79 Å². The van der Waals surface area contributed by atoms with Gasteiger partial charge in [0, 0.05) is 12.6 Å². The summed E-state index contributed by atoms with van der Waals surface area (Å²) in [4.78, 5) is 22.7. The van der Waals surface area contributed by atoms with Crippen molar-refractivity contribution in [2.75, 3.05) is 25.5 Å². The third kappa shape index (κ3) is 4.44. The molecule has 0 aliphatic carbocycles. The number of nitrogens with one attached hydrogen (secondary N) is 2. The number of carboxylic acids is 1. The molecule has 1 rings (SSSR count). The van der Waals surface area contributed by atoms with Crippen LogP contribution < -0.4 is 15.4 Å². The maximum Gasteiger partial charge on any atom is 0.337 e.